The molecule has 0 heterocycles. The standard InChI is InChI=1S/C13H8ClFO2/c14-8-5-6-10(13(16)17)11(7-8)9-3-1-2-4-12(9)15/h1-7H,(H,16,17). The zero-order valence-electron chi connectivity index (χ0n) is 8.65. The van der Waals surface area contributed by atoms with Gasteiger partial charge in [-0.2, -0.15) is 0 Å². The first-order chi connectivity index (χ1) is 8.09. The van der Waals surface area contributed by atoms with E-state index in [4.69, 9.17) is 16.7 Å². The summed E-state index contributed by atoms with van der Waals surface area (Å²) in [5, 5.41) is 9.41. The topological polar surface area (TPSA) is 37.3 Å². The van der Waals surface area contributed by atoms with Gasteiger partial charge in [-0.15, -0.1) is 0 Å². The van der Waals surface area contributed by atoms with Gasteiger partial charge in [0.05, 0.1) is 5.56 Å². The summed E-state index contributed by atoms with van der Waals surface area (Å²) in [5.41, 5.74) is 0.537. The Labute approximate surface area is 102 Å². The van der Waals surface area contributed by atoms with Gasteiger partial charge in [-0.25, -0.2) is 9.18 Å². The minimum absolute atomic E-state index is 0.0273. The molecular formula is C13H8ClFO2. The second kappa shape index (κ2) is 4.55. The highest BCUT2D eigenvalue weighted by atomic mass is 35.5. The lowest BCUT2D eigenvalue weighted by atomic mass is 9.99. The summed E-state index contributed by atoms with van der Waals surface area (Å²) < 4.78 is 13.6. The van der Waals surface area contributed by atoms with E-state index in [1.807, 2.05) is 0 Å². The molecule has 0 aliphatic carbocycles. The molecule has 0 saturated carbocycles. The van der Waals surface area contributed by atoms with E-state index in [1.54, 1.807) is 12.1 Å². The van der Waals surface area contributed by atoms with Crippen LogP contribution in [-0.2, 0) is 0 Å². The number of halogens is 2. The largest absolute Gasteiger partial charge is 0.478 e. The molecule has 0 aliphatic heterocycles. The maximum atomic E-state index is 13.6. The minimum atomic E-state index is -1.11. The molecule has 0 aromatic heterocycles. The van der Waals surface area contributed by atoms with Gasteiger partial charge >= 0.3 is 5.97 Å². The SMILES string of the molecule is O=C(O)c1ccc(Cl)cc1-c1ccccc1F. The van der Waals surface area contributed by atoms with Crippen molar-refractivity contribution in [2.45, 2.75) is 0 Å². The van der Waals surface area contributed by atoms with Gasteiger partial charge in [-0.05, 0) is 24.3 Å². The normalized spacial score (nSPS) is 10.2. The van der Waals surface area contributed by atoms with E-state index in [0.29, 0.717) is 5.02 Å². The highest BCUT2D eigenvalue weighted by molar-refractivity contribution is 6.31. The van der Waals surface area contributed by atoms with Crippen LogP contribution in [0, 0.1) is 5.82 Å². The fourth-order valence-corrected chi connectivity index (χ4v) is 1.78. The number of hydrogen-bond acceptors (Lipinski definition) is 1. The number of aromatic carboxylic acids is 1. The number of rotatable bonds is 2. The third-order valence-electron chi connectivity index (χ3n) is 2.38. The van der Waals surface area contributed by atoms with Gasteiger partial charge in [0.15, 0.2) is 0 Å². The van der Waals surface area contributed by atoms with E-state index in [1.165, 1.54) is 30.3 Å². The molecule has 0 spiro atoms. The minimum Gasteiger partial charge on any atom is -0.478 e. The van der Waals surface area contributed by atoms with Crippen LogP contribution in [0.25, 0.3) is 11.1 Å². The summed E-state index contributed by atoms with van der Waals surface area (Å²) in [4.78, 5) is 11.1. The van der Waals surface area contributed by atoms with Gasteiger partial charge in [0, 0.05) is 16.1 Å². The molecule has 0 radical (unpaired) electrons. The molecule has 2 nitrogen and oxygen atoms in total. The quantitative estimate of drug-likeness (QED) is 0.879. The molecule has 1 N–H and O–H groups in total. The zero-order chi connectivity index (χ0) is 12.4. The Balaban J connectivity index is 2.70. The summed E-state index contributed by atoms with van der Waals surface area (Å²) >= 11 is 5.81. The molecule has 4 heteroatoms. The van der Waals surface area contributed by atoms with E-state index >= 15 is 0 Å². The second-order valence-corrected chi connectivity index (χ2v) is 3.91. The first-order valence-electron chi connectivity index (χ1n) is 4.87. The first-order valence-corrected chi connectivity index (χ1v) is 5.25. The predicted molar refractivity (Wildman–Crippen MR) is 63.8 cm³/mol. The van der Waals surface area contributed by atoms with Gasteiger partial charge in [-0.1, -0.05) is 29.8 Å². The molecule has 2 aromatic carbocycles. The van der Waals surface area contributed by atoms with Crippen molar-refractivity contribution in [3.63, 3.8) is 0 Å². The van der Waals surface area contributed by atoms with Crippen LogP contribution in [0.4, 0.5) is 4.39 Å². The van der Waals surface area contributed by atoms with Crippen LogP contribution in [0.15, 0.2) is 42.5 Å². The fraction of sp³-hybridized carbons (Fsp3) is 0. The van der Waals surface area contributed by atoms with E-state index in [-0.39, 0.29) is 16.7 Å². The highest BCUT2D eigenvalue weighted by Crippen LogP contribution is 2.29. The Morgan fingerprint density at radius 2 is 1.82 bits per heavy atom. The number of benzene rings is 2. The van der Waals surface area contributed by atoms with Crippen molar-refractivity contribution in [1.82, 2.24) is 0 Å². The van der Waals surface area contributed by atoms with Crippen molar-refractivity contribution >= 4 is 17.6 Å². The monoisotopic (exact) mass is 250 g/mol. The van der Waals surface area contributed by atoms with Gasteiger partial charge in [0.25, 0.3) is 0 Å². The Morgan fingerprint density at radius 1 is 1.12 bits per heavy atom. The van der Waals surface area contributed by atoms with Gasteiger partial charge < -0.3 is 5.11 Å². The maximum Gasteiger partial charge on any atom is 0.336 e. The van der Waals surface area contributed by atoms with E-state index in [9.17, 15) is 9.18 Å². The van der Waals surface area contributed by atoms with Crippen molar-refractivity contribution in [2.24, 2.45) is 0 Å². The van der Waals surface area contributed by atoms with Crippen LogP contribution in [0.5, 0.6) is 0 Å². The van der Waals surface area contributed by atoms with Crippen molar-refractivity contribution in [1.29, 1.82) is 0 Å². The average Bonchev–Trinajstić information content (AvgIpc) is 2.29. The Hall–Kier alpha value is -1.87. The Kier molecular flexibility index (Phi) is 3.11. The van der Waals surface area contributed by atoms with E-state index < -0.39 is 11.8 Å². The predicted octanol–water partition coefficient (Wildman–Crippen LogP) is 3.84. The third-order valence-corrected chi connectivity index (χ3v) is 2.61. The van der Waals surface area contributed by atoms with Gasteiger partial charge in [0.2, 0.25) is 0 Å². The zero-order valence-corrected chi connectivity index (χ0v) is 9.41. The van der Waals surface area contributed by atoms with E-state index in [2.05, 4.69) is 0 Å². The van der Waals surface area contributed by atoms with Crippen LogP contribution in [0.2, 0.25) is 5.02 Å². The Bertz CT molecular complexity index is 581. The molecule has 0 amide bonds. The molecule has 86 valence electrons. The van der Waals surface area contributed by atoms with Crippen molar-refractivity contribution in [3.05, 3.63) is 58.9 Å². The first kappa shape index (κ1) is 11.6. The maximum absolute atomic E-state index is 13.6. The molecule has 0 unspecified atom stereocenters. The summed E-state index contributed by atoms with van der Waals surface area (Å²) in [6.45, 7) is 0. The lowest BCUT2D eigenvalue weighted by molar-refractivity contribution is 0.0698. The lowest BCUT2D eigenvalue weighted by Gasteiger charge is -2.07. The summed E-state index contributed by atoms with van der Waals surface area (Å²) in [6, 6.07) is 10.3. The molecule has 2 rings (SSSR count). The van der Waals surface area contributed by atoms with Gasteiger partial charge in [-0.3, -0.25) is 0 Å². The molecule has 17 heavy (non-hydrogen) atoms. The smallest absolute Gasteiger partial charge is 0.336 e. The average molecular weight is 251 g/mol. The lowest BCUT2D eigenvalue weighted by Crippen LogP contribution is -2.00. The fourth-order valence-electron chi connectivity index (χ4n) is 1.61. The molecule has 0 atom stereocenters. The summed E-state index contributed by atoms with van der Waals surface area (Å²) in [5.74, 6) is -1.59. The summed E-state index contributed by atoms with van der Waals surface area (Å²) in [7, 11) is 0. The number of carboxylic acid groups (broad SMARTS) is 1. The van der Waals surface area contributed by atoms with Crippen LogP contribution >= 0.6 is 11.6 Å². The van der Waals surface area contributed by atoms with Crippen LogP contribution < -0.4 is 0 Å². The molecular weight excluding hydrogens is 243 g/mol. The molecule has 0 saturated heterocycles. The third kappa shape index (κ3) is 2.29. The Morgan fingerprint density at radius 3 is 2.47 bits per heavy atom. The highest BCUT2D eigenvalue weighted by Gasteiger charge is 2.14. The molecule has 0 aliphatic rings. The van der Waals surface area contributed by atoms with Crippen LogP contribution in [-0.4, -0.2) is 11.1 Å². The molecule has 0 fully saturated rings. The van der Waals surface area contributed by atoms with Crippen molar-refractivity contribution in [2.75, 3.05) is 0 Å². The molecule has 0 bridgehead atoms. The van der Waals surface area contributed by atoms with Crippen LogP contribution in [0.1, 0.15) is 10.4 Å². The van der Waals surface area contributed by atoms with E-state index in [0.717, 1.165) is 0 Å². The summed E-state index contributed by atoms with van der Waals surface area (Å²) in [6.07, 6.45) is 0. The number of carbonyl (C=O) groups is 1. The second-order valence-electron chi connectivity index (χ2n) is 3.47. The number of carboxylic acids is 1. The number of hydrogen-bond donors (Lipinski definition) is 1. The molecule has 2 aromatic rings. The van der Waals surface area contributed by atoms with Crippen LogP contribution in [0.3, 0.4) is 0 Å². The van der Waals surface area contributed by atoms with Gasteiger partial charge in [0.1, 0.15) is 5.82 Å². The van der Waals surface area contributed by atoms with Crippen molar-refractivity contribution < 1.29 is 14.3 Å². The van der Waals surface area contributed by atoms with Crippen molar-refractivity contribution in [3.8, 4) is 11.1 Å².